The normalized spacial score (nSPS) is 8.33. The predicted octanol–water partition coefficient (Wildman–Crippen LogP) is -7.09. The van der Waals surface area contributed by atoms with Gasteiger partial charge in [0, 0.05) is 12.0 Å². The molecule has 0 aliphatic heterocycles. The second-order valence-electron chi connectivity index (χ2n) is 1.84. The smallest absolute Gasteiger partial charge is 0.550 e. The summed E-state index contributed by atoms with van der Waals surface area (Å²) in [6.07, 6.45) is -0.500. The van der Waals surface area contributed by atoms with Gasteiger partial charge in [0.2, 0.25) is 0 Å². The molecule has 0 aliphatic carbocycles. The van der Waals surface area contributed by atoms with E-state index in [4.69, 9.17) is 5.73 Å². The molecule has 0 saturated heterocycles. The minimum Gasteiger partial charge on any atom is -0.550 e. The quantitative estimate of drug-likeness (QED) is 0.471. The van der Waals surface area contributed by atoms with Gasteiger partial charge in [0.25, 0.3) is 0 Å². The van der Waals surface area contributed by atoms with Crippen molar-refractivity contribution in [3.63, 3.8) is 0 Å². The monoisotopic (exact) mass is 241 g/mol. The molecule has 0 saturated carbocycles. The summed E-state index contributed by atoms with van der Waals surface area (Å²) in [6.45, 7) is 0. The molecular weight excluding hydrogens is 226 g/mol. The van der Waals surface area contributed by atoms with E-state index in [0.29, 0.717) is 0 Å². The average Bonchev–Trinajstić information content (AvgIpc) is 1.82. The summed E-state index contributed by atoms with van der Waals surface area (Å²) in [5.74, 6) is -2.75. The van der Waals surface area contributed by atoms with Crippen LogP contribution in [0.5, 0.6) is 0 Å². The van der Waals surface area contributed by atoms with Crippen LogP contribution < -0.4 is 15.9 Å². The molecular formula is C5H15MgNO8. The van der Waals surface area contributed by atoms with E-state index in [1.807, 2.05) is 0 Å². The maximum Gasteiger partial charge on any atom is 2.00 e. The van der Waals surface area contributed by atoms with Crippen molar-refractivity contribution in [2.75, 3.05) is 0 Å². The van der Waals surface area contributed by atoms with Crippen LogP contribution in [0.15, 0.2) is 0 Å². The second-order valence-corrected chi connectivity index (χ2v) is 1.84. The second kappa shape index (κ2) is 19.1. The summed E-state index contributed by atoms with van der Waals surface area (Å²) < 4.78 is 0. The summed E-state index contributed by atoms with van der Waals surface area (Å²) in [5, 5.41) is 19.6. The fraction of sp³-hybridized carbons (Fsp3) is 0.600. The fourth-order valence-corrected chi connectivity index (χ4v) is 0.391. The van der Waals surface area contributed by atoms with Gasteiger partial charge in [0.15, 0.2) is 0 Å². The first-order valence-electron chi connectivity index (χ1n) is 2.70. The molecule has 90 valence electrons. The Hall–Kier alpha value is -0.494. The molecule has 0 heterocycles. The van der Waals surface area contributed by atoms with Gasteiger partial charge >= 0.3 is 23.1 Å². The van der Waals surface area contributed by atoms with E-state index in [-0.39, 0.29) is 57.8 Å². The molecule has 0 aromatic heterocycles. The van der Waals surface area contributed by atoms with Crippen molar-refractivity contribution < 1.29 is 41.7 Å². The van der Waals surface area contributed by atoms with Crippen molar-refractivity contribution in [1.29, 1.82) is 0 Å². The van der Waals surface area contributed by atoms with Crippen molar-refractivity contribution in [2.24, 2.45) is 5.73 Å². The maximum atomic E-state index is 9.86. The van der Waals surface area contributed by atoms with Gasteiger partial charge in [-0.2, -0.15) is 0 Å². The van der Waals surface area contributed by atoms with Gasteiger partial charge < -0.3 is 47.4 Å². The first kappa shape index (κ1) is 36.6. The van der Waals surface area contributed by atoms with Crippen molar-refractivity contribution >= 4 is 35.0 Å². The molecule has 0 aromatic rings. The molecule has 10 N–H and O–H groups in total. The number of nitrogens with two attached hydrogens (primary N) is 1. The van der Waals surface area contributed by atoms with Crippen LogP contribution in [-0.4, -0.2) is 62.9 Å². The Labute approximate surface area is 102 Å². The van der Waals surface area contributed by atoms with Crippen LogP contribution in [0.4, 0.5) is 0 Å². The zero-order chi connectivity index (χ0) is 8.15. The van der Waals surface area contributed by atoms with E-state index in [1.165, 1.54) is 0 Å². The Morgan fingerprint density at radius 2 is 1.40 bits per heavy atom. The van der Waals surface area contributed by atoms with Gasteiger partial charge in [-0.1, -0.05) is 0 Å². The van der Waals surface area contributed by atoms with E-state index in [2.05, 4.69) is 0 Å². The average molecular weight is 241 g/mol. The topological polar surface area (TPSA) is 232 Å². The van der Waals surface area contributed by atoms with E-state index in [0.717, 1.165) is 0 Å². The van der Waals surface area contributed by atoms with E-state index < -0.39 is 18.0 Å². The molecule has 0 radical (unpaired) electrons. The molecule has 0 aliphatic rings. The first-order valence-corrected chi connectivity index (χ1v) is 2.70. The third-order valence-electron chi connectivity index (χ3n) is 0.962. The van der Waals surface area contributed by atoms with E-state index in [1.54, 1.807) is 0 Å². The molecule has 0 spiro atoms. The summed E-state index contributed by atoms with van der Waals surface area (Å²) in [7, 11) is 0. The molecule has 1 unspecified atom stereocenters. The number of carboxylic acids is 2. The number of rotatable bonds is 4. The van der Waals surface area contributed by atoms with Crippen molar-refractivity contribution in [1.82, 2.24) is 0 Å². The van der Waals surface area contributed by atoms with Gasteiger partial charge in [-0.15, -0.1) is 0 Å². The van der Waals surface area contributed by atoms with Crippen LogP contribution in [0.25, 0.3) is 0 Å². The Kier molecular flexibility index (Phi) is 46.7. The number of hydrogen-bond acceptors (Lipinski definition) is 5. The number of carboxylic acid groups (broad SMARTS) is 2. The number of hydrogen-bond donors (Lipinski definition) is 1. The summed E-state index contributed by atoms with van der Waals surface area (Å²) in [4.78, 5) is 19.6. The Bertz CT molecular complexity index is 154. The van der Waals surface area contributed by atoms with Gasteiger partial charge in [-0.25, -0.2) is 0 Å². The molecule has 0 fully saturated rings. The van der Waals surface area contributed by atoms with Crippen molar-refractivity contribution in [3.8, 4) is 0 Å². The SMILES string of the molecule is NC(CCC(=O)[O-])C(=O)[O-].O.O.O.O.[Mg+2]. The Balaban J connectivity index is -0.0000000405. The predicted molar refractivity (Wildman–Crippen MR) is 47.4 cm³/mol. The van der Waals surface area contributed by atoms with Crippen LogP contribution in [-0.2, 0) is 9.59 Å². The van der Waals surface area contributed by atoms with E-state index >= 15 is 0 Å². The van der Waals surface area contributed by atoms with Gasteiger partial charge in [-0.05, 0) is 12.8 Å². The van der Waals surface area contributed by atoms with Gasteiger partial charge in [0.05, 0.1) is 5.97 Å². The third-order valence-corrected chi connectivity index (χ3v) is 0.962. The number of aliphatic carboxylic acids is 2. The fourth-order valence-electron chi connectivity index (χ4n) is 0.391. The van der Waals surface area contributed by atoms with Gasteiger partial charge in [0.1, 0.15) is 0 Å². The van der Waals surface area contributed by atoms with Crippen molar-refractivity contribution in [2.45, 2.75) is 18.9 Å². The zero-order valence-corrected chi connectivity index (χ0v) is 9.32. The summed E-state index contributed by atoms with van der Waals surface area (Å²) in [6, 6.07) is -1.21. The Morgan fingerprint density at radius 3 is 1.60 bits per heavy atom. The molecule has 9 nitrogen and oxygen atoms in total. The molecule has 0 rings (SSSR count). The first-order chi connectivity index (χ1) is 4.54. The number of carbonyl (C=O) groups excluding carboxylic acids is 2. The van der Waals surface area contributed by atoms with E-state index in [9.17, 15) is 19.8 Å². The zero-order valence-electron chi connectivity index (χ0n) is 7.91. The van der Waals surface area contributed by atoms with Crippen LogP contribution in [0.1, 0.15) is 12.8 Å². The summed E-state index contributed by atoms with van der Waals surface area (Å²) in [5.41, 5.74) is 4.91. The Morgan fingerprint density at radius 1 is 1.07 bits per heavy atom. The van der Waals surface area contributed by atoms with Crippen LogP contribution >= 0.6 is 0 Å². The van der Waals surface area contributed by atoms with Gasteiger partial charge in [-0.3, -0.25) is 0 Å². The van der Waals surface area contributed by atoms with Crippen LogP contribution in [0, 0.1) is 0 Å². The standard InChI is InChI=1S/C5H9NO4.Mg.4H2O/c6-3(5(9)10)1-2-4(7)8;;;;;/h3H,1-2,6H2,(H,7,8)(H,9,10);;4*1H2/q;+2;;;;/p-2. The molecule has 10 heteroatoms. The molecule has 0 amide bonds. The molecule has 0 bridgehead atoms. The third kappa shape index (κ3) is 24.7. The maximum absolute atomic E-state index is 9.86. The minimum absolute atomic E-state index is 0. The molecule has 1 atom stereocenters. The number of carbonyl (C=O) groups is 2. The summed E-state index contributed by atoms with van der Waals surface area (Å²) >= 11 is 0. The van der Waals surface area contributed by atoms with Crippen LogP contribution in [0.3, 0.4) is 0 Å². The molecule has 15 heavy (non-hydrogen) atoms. The van der Waals surface area contributed by atoms with Crippen LogP contribution in [0.2, 0.25) is 0 Å². The van der Waals surface area contributed by atoms with Crippen molar-refractivity contribution in [3.05, 3.63) is 0 Å². The largest absolute Gasteiger partial charge is 2.00 e. The molecule has 0 aromatic carbocycles. The minimum atomic E-state index is -1.44.